The van der Waals surface area contributed by atoms with Gasteiger partial charge in [0.2, 0.25) is 0 Å². The second kappa shape index (κ2) is 57.2. The van der Waals surface area contributed by atoms with Crippen LogP contribution in [0.4, 0.5) is 0 Å². The predicted octanol–water partition coefficient (Wildman–Crippen LogP) is 17.2. The molecule has 0 aromatic carbocycles. The molecule has 17 nitrogen and oxygen atoms in total. The predicted molar refractivity (Wildman–Crippen MR) is 322 cm³/mol. The molecule has 2 unspecified atom stereocenters. The second-order valence-corrected chi connectivity index (χ2v) is 25.4. The van der Waals surface area contributed by atoms with Gasteiger partial charge < -0.3 is 33.8 Å². The van der Waals surface area contributed by atoms with Crippen LogP contribution in [0.5, 0.6) is 0 Å². The molecule has 480 valence electrons. The van der Waals surface area contributed by atoms with Crippen molar-refractivity contribution in [2.24, 2.45) is 0 Å². The van der Waals surface area contributed by atoms with E-state index in [2.05, 4.69) is 27.7 Å². The Morgan fingerprint density at radius 1 is 0.296 bits per heavy atom. The fourth-order valence-corrected chi connectivity index (χ4v) is 10.9. The van der Waals surface area contributed by atoms with Crippen LogP contribution in [0, 0.1) is 0 Å². The highest BCUT2D eigenvalue weighted by Crippen LogP contribution is 2.45. The van der Waals surface area contributed by atoms with Crippen LogP contribution in [-0.2, 0) is 65.4 Å². The first-order chi connectivity index (χ1) is 39.2. The van der Waals surface area contributed by atoms with Crippen molar-refractivity contribution in [1.82, 2.24) is 0 Å². The fraction of sp³-hybridized carbons (Fsp3) is 0.935. The van der Waals surface area contributed by atoms with E-state index in [1.165, 1.54) is 128 Å². The number of aliphatic hydroxyl groups is 1. The normalized spacial score (nSPS) is 14.2. The lowest BCUT2D eigenvalue weighted by molar-refractivity contribution is -0.161. The summed E-state index contributed by atoms with van der Waals surface area (Å²) in [6.07, 6.45) is 41.8. The number of hydrogen-bond acceptors (Lipinski definition) is 15. The number of phosphoric acid groups is 2. The third kappa shape index (κ3) is 56.9. The van der Waals surface area contributed by atoms with E-state index in [0.29, 0.717) is 25.7 Å². The van der Waals surface area contributed by atoms with E-state index in [9.17, 15) is 43.2 Å². The first-order valence-corrected chi connectivity index (χ1v) is 35.8. The van der Waals surface area contributed by atoms with Gasteiger partial charge in [0.25, 0.3) is 0 Å². The van der Waals surface area contributed by atoms with Crippen LogP contribution >= 0.6 is 15.6 Å². The largest absolute Gasteiger partial charge is 0.472 e. The van der Waals surface area contributed by atoms with Gasteiger partial charge in [-0.05, 0) is 25.7 Å². The number of esters is 4. The van der Waals surface area contributed by atoms with E-state index in [0.717, 1.165) is 109 Å². The zero-order chi connectivity index (χ0) is 59.8. The number of ether oxygens (including phenoxy) is 4. The zero-order valence-electron chi connectivity index (χ0n) is 51.7. The van der Waals surface area contributed by atoms with Gasteiger partial charge in [-0.25, -0.2) is 9.13 Å². The van der Waals surface area contributed by atoms with Gasteiger partial charge in [0, 0.05) is 25.7 Å². The summed E-state index contributed by atoms with van der Waals surface area (Å²) in [4.78, 5) is 71.9. The van der Waals surface area contributed by atoms with Crippen molar-refractivity contribution < 1.29 is 80.2 Å². The molecule has 19 heteroatoms. The van der Waals surface area contributed by atoms with Gasteiger partial charge >= 0.3 is 39.5 Å². The zero-order valence-corrected chi connectivity index (χ0v) is 53.5. The fourth-order valence-electron chi connectivity index (χ4n) is 9.28. The molecule has 0 fully saturated rings. The molecule has 0 aliphatic heterocycles. The molecule has 0 saturated carbocycles. The summed E-state index contributed by atoms with van der Waals surface area (Å²) in [6, 6.07) is 0. The van der Waals surface area contributed by atoms with Crippen LogP contribution in [0.3, 0.4) is 0 Å². The maximum Gasteiger partial charge on any atom is 0.472 e. The van der Waals surface area contributed by atoms with Crippen molar-refractivity contribution in [3.63, 3.8) is 0 Å². The van der Waals surface area contributed by atoms with Gasteiger partial charge in [0.1, 0.15) is 19.3 Å². The number of carbonyl (C=O) groups excluding carboxylic acids is 4. The lowest BCUT2D eigenvalue weighted by atomic mass is 10.0. The third-order valence-corrected chi connectivity index (χ3v) is 16.3. The van der Waals surface area contributed by atoms with Crippen LogP contribution in [0.1, 0.15) is 317 Å². The monoisotopic (exact) mass is 1200 g/mol. The van der Waals surface area contributed by atoms with Crippen molar-refractivity contribution in [2.45, 2.75) is 335 Å². The van der Waals surface area contributed by atoms with Crippen molar-refractivity contribution in [3.05, 3.63) is 0 Å². The Labute approximate surface area is 492 Å². The lowest BCUT2D eigenvalue weighted by Gasteiger charge is -2.21. The highest BCUT2D eigenvalue weighted by atomic mass is 31.2. The Hall–Kier alpha value is -1.94. The Kier molecular flexibility index (Phi) is 55.8. The molecule has 0 rings (SSSR count). The summed E-state index contributed by atoms with van der Waals surface area (Å²) < 4.78 is 67.8. The average molecular weight is 1200 g/mol. The van der Waals surface area contributed by atoms with E-state index in [4.69, 9.17) is 37.0 Å². The molecule has 0 aliphatic rings. The highest BCUT2D eigenvalue weighted by Gasteiger charge is 2.30. The minimum atomic E-state index is -4.94. The minimum Gasteiger partial charge on any atom is -0.462 e. The smallest absolute Gasteiger partial charge is 0.462 e. The van der Waals surface area contributed by atoms with E-state index >= 15 is 0 Å². The number of phosphoric ester groups is 2. The third-order valence-electron chi connectivity index (χ3n) is 14.4. The maximum absolute atomic E-state index is 13.0. The van der Waals surface area contributed by atoms with Crippen molar-refractivity contribution in [3.8, 4) is 0 Å². The van der Waals surface area contributed by atoms with Crippen LogP contribution in [0.2, 0.25) is 0 Å². The molecule has 0 saturated heterocycles. The molecule has 0 aromatic heterocycles. The molecule has 81 heavy (non-hydrogen) atoms. The Balaban J connectivity index is 5.19. The molecule has 5 atom stereocenters. The Bertz CT molecular complexity index is 1570. The Morgan fingerprint density at radius 3 is 0.728 bits per heavy atom. The molecule has 0 heterocycles. The molecule has 0 radical (unpaired) electrons. The van der Waals surface area contributed by atoms with Gasteiger partial charge in [0.05, 0.1) is 26.4 Å². The standard InChI is InChI=1S/C62H120O17P2/c1-5-9-13-17-21-24-26-28-30-32-36-39-43-47-60(65)73-53-58(79-62(67)49-45-41-37-33-31-29-27-25-22-18-14-10-6-2)55-77-81(70,71)75-51-56(63)50-74-80(68,69)76-54-57(52-72-59(64)46-42-38-34-20-16-12-8-4)78-61(66)48-44-40-35-23-19-15-11-7-3/h56-58,63H,5-55H2,1-4H3,(H,68,69)(H,70,71)/t56-,57+,58+/m0/s1. The van der Waals surface area contributed by atoms with Crippen LogP contribution in [0.25, 0.3) is 0 Å². The quantitative estimate of drug-likeness (QED) is 0.0222. The van der Waals surface area contributed by atoms with Crippen LogP contribution in [0.15, 0.2) is 0 Å². The van der Waals surface area contributed by atoms with E-state index < -0.39 is 97.5 Å². The maximum atomic E-state index is 13.0. The van der Waals surface area contributed by atoms with Gasteiger partial charge in [0.15, 0.2) is 12.2 Å². The lowest BCUT2D eigenvalue weighted by Crippen LogP contribution is -2.30. The minimum absolute atomic E-state index is 0.105. The van der Waals surface area contributed by atoms with Gasteiger partial charge in [-0.2, -0.15) is 0 Å². The molecule has 3 N–H and O–H groups in total. The number of carbonyl (C=O) groups is 4. The summed E-state index contributed by atoms with van der Waals surface area (Å²) in [5, 5.41) is 10.5. The van der Waals surface area contributed by atoms with Crippen LogP contribution < -0.4 is 0 Å². The molecular weight excluding hydrogens is 1080 g/mol. The van der Waals surface area contributed by atoms with Crippen molar-refractivity contribution >= 4 is 39.5 Å². The molecular formula is C62H120O17P2. The first kappa shape index (κ1) is 79.1. The van der Waals surface area contributed by atoms with Gasteiger partial charge in [-0.15, -0.1) is 0 Å². The topological polar surface area (TPSA) is 237 Å². The number of rotatable bonds is 63. The van der Waals surface area contributed by atoms with E-state index in [1.54, 1.807) is 0 Å². The average Bonchev–Trinajstić information content (AvgIpc) is 3.44. The number of hydrogen-bond donors (Lipinski definition) is 3. The number of unbranched alkanes of at least 4 members (excludes halogenated alkanes) is 37. The van der Waals surface area contributed by atoms with E-state index in [1.807, 2.05) is 0 Å². The molecule has 0 spiro atoms. The van der Waals surface area contributed by atoms with Crippen molar-refractivity contribution in [1.29, 1.82) is 0 Å². The molecule has 0 aromatic rings. The summed E-state index contributed by atoms with van der Waals surface area (Å²) >= 11 is 0. The molecule has 0 bridgehead atoms. The molecule has 0 amide bonds. The van der Waals surface area contributed by atoms with E-state index in [-0.39, 0.29) is 25.7 Å². The summed E-state index contributed by atoms with van der Waals surface area (Å²) in [5.74, 6) is -2.14. The van der Waals surface area contributed by atoms with Crippen molar-refractivity contribution in [2.75, 3.05) is 39.6 Å². The van der Waals surface area contributed by atoms with Crippen LogP contribution in [-0.4, -0.2) is 96.7 Å². The number of aliphatic hydroxyl groups excluding tert-OH is 1. The second-order valence-electron chi connectivity index (χ2n) is 22.4. The summed E-state index contributed by atoms with van der Waals surface area (Å²) in [7, 11) is -9.87. The van der Waals surface area contributed by atoms with Gasteiger partial charge in [-0.3, -0.25) is 37.3 Å². The summed E-state index contributed by atoms with van der Waals surface area (Å²) in [5.41, 5.74) is 0. The Morgan fingerprint density at radius 2 is 0.494 bits per heavy atom. The molecule has 0 aliphatic carbocycles. The first-order valence-electron chi connectivity index (χ1n) is 32.8. The summed E-state index contributed by atoms with van der Waals surface area (Å²) in [6.45, 7) is 4.82. The highest BCUT2D eigenvalue weighted by molar-refractivity contribution is 7.47. The SMILES string of the molecule is CCCCCCCCCCCCCCCC(=O)OC[C@H](COP(=O)(O)OC[C@@H](O)COP(=O)(O)OC[C@@H](COC(=O)CCCCCCCCC)OC(=O)CCCCCCCCCC)OC(=O)CCCCCCCCCCCCCCC. The van der Waals surface area contributed by atoms with Gasteiger partial charge in [-0.1, -0.05) is 265 Å².